The Morgan fingerprint density at radius 3 is 1.74 bits per heavy atom. The van der Waals surface area contributed by atoms with Crippen LogP contribution in [0.3, 0.4) is 0 Å². The van der Waals surface area contributed by atoms with Crippen molar-refractivity contribution in [3.63, 3.8) is 0 Å². The third-order valence-corrected chi connectivity index (χ3v) is 10.1. The molecule has 1 unspecified atom stereocenters. The summed E-state index contributed by atoms with van der Waals surface area (Å²) in [6, 6.07) is 50.9. The predicted octanol–water partition coefficient (Wildman–Crippen LogP) is 13.3. The number of furan rings is 1. The number of hydrogen-bond acceptors (Lipinski definition) is 2. The van der Waals surface area contributed by atoms with E-state index in [-0.39, 0.29) is 6.04 Å². The Bertz CT molecular complexity index is 2420. The monoisotopic (exact) mass is 643 g/mol. The molecule has 0 aliphatic heterocycles. The lowest BCUT2D eigenvalue weighted by Crippen LogP contribution is -2.29. The highest BCUT2D eigenvalue weighted by atomic mass is 16.3. The molecular weight excluding hydrogens is 607 g/mol. The van der Waals surface area contributed by atoms with E-state index in [0.717, 1.165) is 41.2 Å². The van der Waals surface area contributed by atoms with E-state index in [4.69, 9.17) is 4.42 Å². The van der Waals surface area contributed by atoms with Gasteiger partial charge in [0.2, 0.25) is 0 Å². The first-order chi connectivity index (χ1) is 24.8. The van der Waals surface area contributed by atoms with Crippen molar-refractivity contribution in [2.45, 2.75) is 25.3 Å². The quantitative estimate of drug-likeness (QED) is 0.172. The molecule has 6 aromatic carbocycles. The SMILES string of the molecule is C1=CCCC(c2ccc3c(c2)oc2ccc(-c4ccc(-c5ccc(N(c6ccc(-c7ccccc7)cc6)C6C=CC=CC6)cc5)cc4)cc23)=C1. The molecule has 0 fully saturated rings. The molecule has 240 valence electrons. The van der Waals surface area contributed by atoms with E-state index in [1.165, 1.54) is 55.9 Å². The first kappa shape index (κ1) is 30.0. The maximum Gasteiger partial charge on any atom is 0.136 e. The summed E-state index contributed by atoms with van der Waals surface area (Å²) >= 11 is 0. The molecule has 0 bridgehead atoms. The van der Waals surface area contributed by atoms with Gasteiger partial charge in [0.25, 0.3) is 0 Å². The third-order valence-electron chi connectivity index (χ3n) is 10.1. The maximum atomic E-state index is 6.31. The van der Waals surface area contributed by atoms with Crippen LogP contribution in [0.4, 0.5) is 11.4 Å². The Morgan fingerprint density at radius 2 is 1.10 bits per heavy atom. The number of anilines is 2. The summed E-state index contributed by atoms with van der Waals surface area (Å²) in [5, 5.41) is 2.32. The molecule has 0 amide bonds. The molecule has 2 heteroatoms. The van der Waals surface area contributed by atoms with Crippen LogP contribution in [-0.4, -0.2) is 6.04 Å². The van der Waals surface area contributed by atoms with Crippen molar-refractivity contribution in [1.82, 2.24) is 0 Å². The highest BCUT2D eigenvalue weighted by Crippen LogP contribution is 2.37. The Morgan fingerprint density at radius 1 is 0.480 bits per heavy atom. The number of nitrogens with zero attached hydrogens (tertiary/aromatic N) is 1. The number of fused-ring (bicyclic) bond motifs is 3. The topological polar surface area (TPSA) is 16.4 Å². The summed E-state index contributed by atoms with van der Waals surface area (Å²) in [6.45, 7) is 0. The van der Waals surface area contributed by atoms with Gasteiger partial charge in [-0.05, 0) is 112 Å². The summed E-state index contributed by atoms with van der Waals surface area (Å²) in [6.07, 6.45) is 18.6. The third kappa shape index (κ3) is 5.80. The molecular formula is C48H37NO. The van der Waals surface area contributed by atoms with Crippen molar-refractivity contribution in [2.24, 2.45) is 0 Å². The second-order valence-corrected chi connectivity index (χ2v) is 13.2. The van der Waals surface area contributed by atoms with Crippen LogP contribution in [0.25, 0.3) is 60.9 Å². The average molecular weight is 644 g/mol. The van der Waals surface area contributed by atoms with Crippen LogP contribution < -0.4 is 4.90 Å². The maximum absolute atomic E-state index is 6.31. The fourth-order valence-corrected chi connectivity index (χ4v) is 7.41. The van der Waals surface area contributed by atoms with Crippen LogP contribution in [0.5, 0.6) is 0 Å². The van der Waals surface area contributed by atoms with Crippen LogP contribution in [0, 0.1) is 0 Å². The Kier molecular flexibility index (Phi) is 7.83. The Labute approximate surface area is 293 Å². The minimum absolute atomic E-state index is 0.256. The van der Waals surface area contributed by atoms with E-state index in [1.807, 2.05) is 0 Å². The van der Waals surface area contributed by atoms with Gasteiger partial charge in [0.1, 0.15) is 11.2 Å². The van der Waals surface area contributed by atoms with E-state index >= 15 is 0 Å². The van der Waals surface area contributed by atoms with Crippen molar-refractivity contribution in [2.75, 3.05) is 4.90 Å². The molecule has 9 rings (SSSR count). The van der Waals surface area contributed by atoms with Gasteiger partial charge in [-0.15, -0.1) is 0 Å². The number of hydrogen-bond donors (Lipinski definition) is 0. The second-order valence-electron chi connectivity index (χ2n) is 13.2. The van der Waals surface area contributed by atoms with E-state index < -0.39 is 0 Å². The van der Waals surface area contributed by atoms with Crippen molar-refractivity contribution in [1.29, 1.82) is 0 Å². The van der Waals surface area contributed by atoms with Gasteiger partial charge in [-0.3, -0.25) is 0 Å². The second kappa shape index (κ2) is 13.1. The van der Waals surface area contributed by atoms with Crippen molar-refractivity contribution < 1.29 is 4.42 Å². The highest BCUT2D eigenvalue weighted by molar-refractivity contribution is 6.07. The van der Waals surface area contributed by atoms with E-state index in [2.05, 4.69) is 187 Å². The number of benzene rings is 6. The van der Waals surface area contributed by atoms with Crippen LogP contribution in [-0.2, 0) is 0 Å². The standard InChI is InChI=1S/C48H37NO/c1-4-10-34(11-5-1)37-20-26-43(27-21-37)49(42-14-8-3-9-15-42)44-28-22-38(23-29-44)36-16-18-39(19-17-36)40-25-31-47-46(32-40)45-30-24-41(33-48(45)50-47)35-12-6-2-7-13-35/h1-6,8-12,14,16-33,42H,7,13,15H2. The van der Waals surface area contributed by atoms with Crippen LogP contribution in [0.2, 0.25) is 0 Å². The molecule has 7 aromatic rings. The molecule has 1 atom stereocenters. The summed E-state index contributed by atoms with van der Waals surface area (Å²) in [4.78, 5) is 2.45. The van der Waals surface area contributed by atoms with Gasteiger partial charge in [0.05, 0.1) is 6.04 Å². The van der Waals surface area contributed by atoms with Crippen molar-refractivity contribution in [3.8, 4) is 33.4 Å². The van der Waals surface area contributed by atoms with E-state index in [9.17, 15) is 0 Å². The molecule has 1 aromatic heterocycles. The Balaban J connectivity index is 0.970. The Hall–Kier alpha value is -6.12. The first-order valence-electron chi connectivity index (χ1n) is 17.6. The largest absolute Gasteiger partial charge is 0.456 e. The normalized spacial score (nSPS) is 15.4. The molecule has 1 heterocycles. The van der Waals surface area contributed by atoms with Crippen LogP contribution in [0.1, 0.15) is 24.8 Å². The molecule has 0 saturated heterocycles. The lowest BCUT2D eigenvalue weighted by molar-refractivity contribution is 0.669. The van der Waals surface area contributed by atoms with Crippen LogP contribution >= 0.6 is 0 Å². The highest BCUT2D eigenvalue weighted by Gasteiger charge is 2.19. The molecule has 0 spiro atoms. The van der Waals surface area contributed by atoms with Crippen LogP contribution in [0.15, 0.2) is 186 Å². The summed E-state index contributed by atoms with van der Waals surface area (Å²) in [5.41, 5.74) is 14.1. The van der Waals surface area contributed by atoms with Gasteiger partial charge in [0, 0.05) is 22.1 Å². The molecule has 0 radical (unpaired) electrons. The van der Waals surface area contributed by atoms with E-state index in [1.54, 1.807) is 0 Å². The summed E-state index contributed by atoms with van der Waals surface area (Å²) < 4.78 is 6.31. The zero-order chi connectivity index (χ0) is 33.3. The van der Waals surface area contributed by atoms with Gasteiger partial charge in [-0.2, -0.15) is 0 Å². The van der Waals surface area contributed by atoms with Gasteiger partial charge in [-0.1, -0.05) is 134 Å². The van der Waals surface area contributed by atoms with Gasteiger partial charge in [0.15, 0.2) is 0 Å². The fraction of sp³-hybridized carbons (Fsp3) is 0.0833. The number of allylic oxidation sites excluding steroid dienone is 6. The van der Waals surface area contributed by atoms with E-state index in [0.29, 0.717) is 0 Å². The lowest BCUT2D eigenvalue weighted by Gasteiger charge is -2.33. The van der Waals surface area contributed by atoms with Gasteiger partial charge in [-0.25, -0.2) is 0 Å². The molecule has 2 aliphatic carbocycles. The smallest absolute Gasteiger partial charge is 0.136 e. The fourth-order valence-electron chi connectivity index (χ4n) is 7.41. The summed E-state index contributed by atoms with van der Waals surface area (Å²) in [7, 11) is 0. The molecule has 50 heavy (non-hydrogen) atoms. The van der Waals surface area contributed by atoms with Gasteiger partial charge >= 0.3 is 0 Å². The number of rotatable bonds is 7. The predicted molar refractivity (Wildman–Crippen MR) is 212 cm³/mol. The van der Waals surface area contributed by atoms with Crippen molar-refractivity contribution in [3.05, 3.63) is 188 Å². The van der Waals surface area contributed by atoms with Crippen molar-refractivity contribution >= 4 is 38.9 Å². The molecule has 2 aliphatic rings. The average Bonchev–Trinajstić information content (AvgIpc) is 3.57. The first-order valence-corrected chi connectivity index (χ1v) is 17.6. The minimum Gasteiger partial charge on any atom is -0.456 e. The summed E-state index contributed by atoms with van der Waals surface area (Å²) in [5.74, 6) is 0. The van der Waals surface area contributed by atoms with Gasteiger partial charge < -0.3 is 9.32 Å². The molecule has 0 saturated carbocycles. The zero-order valence-corrected chi connectivity index (χ0v) is 27.9. The molecule has 2 nitrogen and oxygen atoms in total. The molecule has 0 N–H and O–H groups in total. The lowest BCUT2D eigenvalue weighted by atomic mass is 9.96. The zero-order valence-electron chi connectivity index (χ0n) is 27.9. The minimum atomic E-state index is 0.256.